The molecule has 0 atom stereocenters. The molecule has 0 bridgehead atoms. The summed E-state index contributed by atoms with van der Waals surface area (Å²) in [4.78, 5) is 16.1. The van der Waals surface area contributed by atoms with Gasteiger partial charge < -0.3 is 5.32 Å². The third-order valence-electron chi connectivity index (χ3n) is 3.18. The fourth-order valence-corrected chi connectivity index (χ4v) is 1.78. The van der Waals surface area contributed by atoms with Crippen LogP contribution in [0.1, 0.15) is 55.1 Å². The van der Waals surface area contributed by atoms with E-state index in [1.165, 1.54) is 12.8 Å². The fraction of sp³-hybridized carbons (Fsp3) is 0.571. The molecule has 0 spiro atoms. The van der Waals surface area contributed by atoms with Crippen LogP contribution in [0.5, 0.6) is 0 Å². The van der Waals surface area contributed by atoms with Gasteiger partial charge in [-0.15, -0.1) is 0 Å². The predicted octanol–water partition coefficient (Wildman–Crippen LogP) is 2.73. The highest BCUT2D eigenvalue weighted by atomic mass is 16.1. The lowest BCUT2D eigenvalue weighted by Crippen LogP contribution is -2.24. The van der Waals surface area contributed by atoms with Gasteiger partial charge >= 0.3 is 0 Å². The number of aromatic nitrogens is 1. The summed E-state index contributed by atoms with van der Waals surface area (Å²) in [6.07, 6.45) is 5.45. The van der Waals surface area contributed by atoms with Crippen LogP contribution < -0.4 is 5.32 Å². The van der Waals surface area contributed by atoms with E-state index in [4.69, 9.17) is 0 Å². The molecule has 1 amide bonds. The van der Waals surface area contributed by atoms with E-state index in [0.717, 1.165) is 24.6 Å². The van der Waals surface area contributed by atoms with Crippen LogP contribution in [-0.4, -0.2) is 17.4 Å². The summed E-state index contributed by atoms with van der Waals surface area (Å²) in [6.45, 7) is 4.98. The third-order valence-corrected chi connectivity index (χ3v) is 3.18. The molecule has 92 valence electrons. The number of hydrogen-bond acceptors (Lipinski definition) is 2. The minimum Gasteiger partial charge on any atom is -0.352 e. The van der Waals surface area contributed by atoms with Crippen molar-refractivity contribution >= 4 is 5.91 Å². The van der Waals surface area contributed by atoms with Crippen LogP contribution in [-0.2, 0) is 0 Å². The zero-order valence-electron chi connectivity index (χ0n) is 10.6. The Balaban J connectivity index is 1.84. The average molecular weight is 232 g/mol. The van der Waals surface area contributed by atoms with Crippen LogP contribution in [0.25, 0.3) is 0 Å². The lowest BCUT2D eigenvalue weighted by molar-refractivity contribution is 0.0952. The number of nitrogens with zero attached hydrogens (tertiary/aromatic N) is 1. The second-order valence-corrected chi connectivity index (χ2v) is 5.11. The lowest BCUT2D eigenvalue weighted by Gasteiger charge is -2.06. The van der Waals surface area contributed by atoms with E-state index in [2.05, 4.69) is 24.1 Å². The van der Waals surface area contributed by atoms with E-state index in [9.17, 15) is 4.79 Å². The molecule has 0 unspecified atom stereocenters. The van der Waals surface area contributed by atoms with Crippen molar-refractivity contribution in [3.05, 3.63) is 29.6 Å². The Morgan fingerprint density at radius 1 is 1.47 bits per heavy atom. The van der Waals surface area contributed by atoms with Crippen molar-refractivity contribution in [1.29, 1.82) is 0 Å². The van der Waals surface area contributed by atoms with Gasteiger partial charge in [0.2, 0.25) is 0 Å². The molecule has 0 radical (unpaired) electrons. The molecule has 0 saturated heterocycles. The first-order chi connectivity index (χ1) is 8.16. The zero-order valence-corrected chi connectivity index (χ0v) is 10.6. The topological polar surface area (TPSA) is 42.0 Å². The van der Waals surface area contributed by atoms with Gasteiger partial charge in [0.15, 0.2) is 0 Å². The Morgan fingerprint density at radius 2 is 2.24 bits per heavy atom. The highest BCUT2D eigenvalue weighted by Gasteiger charge is 2.20. The molecule has 3 heteroatoms. The minimum absolute atomic E-state index is 0.00606. The Morgan fingerprint density at radius 3 is 2.76 bits per heavy atom. The maximum Gasteiger partial charge on any atom is 0.252 e. The van der Waals surface area contributed by atoms with Gasteiger partial charge in [0.05, 0.1) is 5.56 Å². The third kappa shape index (κ3) is 3.55. The van der Waals surface area contributed by atoms with E-state index < -0.39 is 0 Å². The van der Waals surface area contributed by atoms with Crippen LogP contribution in [0.2, 0.25) is 0 Å². The van der Waals surface area contributed by atoms with E-state index in [-0.39, 0.29) is 5.91 Å². The first kappa shape index (κ1) is 12.1. The monoisotopic (exact) mass is 232 g/mol. The molecule has 1 aliphatic carbocycles. The quantitative estimate of drug-likeness (QED) is 0.848. The molecule has 1 aromatic heterocycles. The van der Waals surface area contributed by atoms with Crippen molar-refractivity contribution in [3.8, 4) is 0 Å². The zero-order chi connectivity index (χ0) is 12.3. The lowest BCUT2D eigenvalue weighted by atomic mass is 10.1. The summed E-state index contributed by atoms with van der Waals surface area (Å²) in [6, 6.07) is 3.79. The van der Waals surface area contributed by atoms with Crippen molar-refractivity contribution in [2.45, 2.75) is 39.0 Å². The Bertz CT molecular complexity index is 380. The van der Waals surface area contributed by atoms with Crippen LogP contribution >= 0.6 is 0 Å². The van der Waals surface area contributed by atoms with E-state index >= 15 is 0 Å². The number of carbonyl (C=O) groups excluding carboxylic acids is 1. The average Bonchev–Trinajstić information content (AvgIpc) is 3.13. The van der Waals surface area contributed by atoms with Crippen LogP contribution in [0.3, 0.4) is 0 Å². The summed E-state index contributed by atoms with van der Waals surface area (Å²) in [5.41, 5.74) is 1.68. The van der Waals surface area contributed by atoms with Gasteiger partial charge in [-0.3, -0.25) is 9.78 Å². The smallest absolute Gasteiger partial charge is 0.252 e. The number of pyridine rings is 1. The van der Waals surface area contributed by atoms with Crippen molar-refractivity contribution in [1.82, 2.24) is 10.3 Å². The predicted molar refractivity (Wildman–Crippen MR) is 68.0 cm³/mol. The van der Waals surface area contributed by atoms with Gasteiger partial charge in [-0.25, -0.2) is 0 Å². The number of amides is 1. The molecule has 0 aliphatic heterocycles. The highest BCUT2D eigenvalue weighted by molar-refractivity contribution is 5.93. The van der Waals surface area contributed by atoms with E-state index in [0.29, 0.717) is 11.5 Å². The Labute approximate surface area is 103 Å². The second kappa shape index (κ2) is 5.30. The maximum atomic E-state index is 11.8. The summed E-state index contributed by atoms with van der Waals surface area (Å²) < 4.78 is 0. The first-order valence-corrected chi connectivity index (χ1v) is 6.41. The molecule has 1 aromatic rings. The summed E-state index contributed by atoms with van der Waals surface area (Å²) >= 11 is 0. The van der Waals surface area contributed by atoms with Crippen LogP contribution in [0.4, 0.5) is 0 Å². The number of rotatable bonds is 5. The van der Waals surface area contributed by atoms with Gasteiger partial charge in [0, 0.05) is 18.4 Å². The molecule has 1 N–H and O–H groups in total. The second-order valence-electron chi connectivity index (χ2n) is 5.11. The molecular formula is C14H20N2O. The normalized spacial score (nSPS) is 15.0. The van der Waals surface area contributed by atoms with Gasteiger partial charge in [-0.1, -0.05) is 26.7 Å². The largest absolute Gasteiger partial charge is 0.352 e. The first-order valence-electron chi connectivity index (χ1n) is 6.41. The number of hydrogen-bond donors (Lipinski definition) is 1. The van der Waals surface area contributed by atoms with Crippen molar-refractivity contribution in [2.24, 2.45) is 5.92 Å². The SMILES string of the molecule is CC(C)c1ccc(C(=O)NCCC2CC2)cn1. The molecular weight excluding hydrogens is 212 g/mol. The molecule has 3 nitrogen and oxygen atoms in total. The summed E-state index contributed by atoms with van der Waals surface area (Å²) in [5.74, 6) is 1.26. The fourth-order valence-electron chi connectivity index (χ4n) is 1.78. The van der Waals surface area contributed by atoms with E-state index in [1.54, 1.807) is 6.20 Å². The van der Waals surface area contributed by atoms with Gasteiger partial charge in [-0.2, -0.15) is 0 Å². The molecule has 1 aliphatic rings. The Hall–Kier alpha value is -1.38. The summed E-state index contributed by atoms with van der Waals surface area (Å²) in [5, 5.41) is 2.94. The molecule has 1 heterocycles. The number of nitrogens with one attached hydrogen (secondary N) is 1. The van der Waals surface area contributed by atoms with Crippen LogP contribution in [0.15, 0.2) is 18.3 Å². The van der Waals surface area contributed by atoms with Gasteiger partial charge in [0.25, 0.3) is 5.91 Å². The maximum absolute atomic E-state index is 11.8. The molecule has 1 saturated carbocycles. The Kier molecular flexibility index (Phi) is 3.77. The van der Waals surface area contributed by atoms with Crippen LogP contribution in [0, 0.1) is 5.92 Å². The molecule has 2 rings (SSSR count). The highest BCUT2D eigenvalue weighted by Crippen LogP contribution is 2.31. The molecule has 17 heavy (non-hydrogen) atoms. The minimum atomic E-state index is -0.00606. The summed E-state index contributed by atoms with van der Waals surface area (Å²) in [7, 11) is 0. The number of carbonyl (C=O) groups is 1. The molecule has 0 aromatic carbocycles. The van der Waals surface area contributed by atoms with Gasteiger partial charge in [0.1, 0.15) is 0 Å². The van der Waals surface area contributed by atoms with E-state index in [1.807, 2.05) is 12.1 Å². The van der Waals surface area contributed by atoms with Gasteiger partial charge in [-0.05, 0) is 30.4 Å². The van der Waals surface area contributed by atoms with Crippen molar-refractivity contribution < 1.29 is 4.79 Å². The molecule has 1 fully saturated rings. The van der Waals surface area contributed by atoms with Crippen molar-refractivity contribution in [2.75, 3.05) is 6.54 Å². The van der Waals surface area contributed by atoms with Crippen molar-refractivity contribution in [3.63, 3.8) is 0 Å². The standard InChI is InChI=1S/C14H20N2O/c1-10(2)13-6-5-12(9-16-13)14(17)15-8-7-11-3-4-11/h5-6,9-11H,3-4,7-8H2,1-2H3,(H,15,17).